The van der Waals surface area contributed by atoms with Gasteiger partial charge in [-0.2, -0.15) is 0 Å². The molecule has 17 heavy (non-hydrogen) atoms. The van der Waals surface area contributed by atoms with E-state index in [1.807, 2.05) is 0 Å². The van der Waals surface area contributed by atoms with Gasteiger partial charge in [-0.25, -0.2) is 8.78 Å². The molecule has 88 valence electrons. The maximum Gasteiger partial charge on any atom is 0.148 e. The van der Waals surface area contributed by atoms with Gasteiger partial charge in [0.1, 0.15) is 11.6 Å². The summed E-state index contributed by atoms with van der Waals surface area (Å²) in [6.45, 7) is 0. The Morgan fingerprint density at radius 2 is 1.82 bits per heavy atom. The summed E-state index contributed by atoms with van der Waals surface area (Å²) in [6.07, 6.45) is 0. The predicted molar refractivity (Wildman–Crippen MR) is 65.5 cm³/mol. The summed E-state index contributed by atoms with van der Waals surface area (Å²) in [6, 6.07) is 8.37. The summed E-state index contributed by atoms with van der Waals surface area (Å²) in [5.41, 5.74) is 6.51. The lowest BCUT2D eigenvalue weighted by atomic mass is 10.2. The SMILES string of the molecule is Nc1cccc(F)c1Nc1ccc(F)c(Cl)c1. The molecule has 0 bridgehead atoms. The Kier molecular flexibility index (Phi) is 3.15. The van der Waals surface area contributed by atoms with Crippen molar-refractivity contribution >= 4 is 28.7 Å². The Morgan fingerprint density at radius 1 is 1.06 bits per heavy atom. The largest absolute Gasteiger partial charge is 0.397 e. The normalized spacial score (nSPS) is 10.3. The number of halogens is 3. The van der Waals surface area contributed by atoms with Gasteiger partial charge in [-0.05, 0) is 30.3 Å². The monoisotopic (exact) mass is 254 g/mol. The third-order valence-electron chi connectivity index (χ3n) is 2.23. The minimum atomic E-state index is -0.529. The summed E-state index contributed by atoms with van der Waals surface area (Å²) < 4.78 is 26.4. The lowest BCUT2D eigenvalue weighted by Crippen LogP contribution is -1.99. The van der Waals surface area contributed by atoms with Crippen LogP contribution in [0.25, 0.3) is 0 Å². The molecule has 2 nitrogen and oxygen atoms in total. The fourth-order valence-electron chi connectivity index (χ4n) is 1.39. The van der Waals surface area contributed by atoms with Crippen LogP contribution in [0, 0.1) is 11.6 Å². The van der Waals surface area contributed by atoms with E-state index in [9.17, 15) is 8.78 Å². The highest BCUT2D eigenvalue weighted by atomic mass is 35.5. The van der Waals surface area contributed by atoms with Gasteiger partial charge < -0.3 is 11.1 Å². The number of benzene rings is 2. The number of nitrogens with one attached hydrogen (secondary N) is 1. The second-order valence-corrected chi connectivity index (χ2v) is 3.87. The van der Waals surface area contributed by atoms with Crippen molar-refractivity contribution in [3.8, 4) is 0 Å². The zero-order chi connectivity index (χ0) is 12.4. The van der Waals surface area contributed by atoms with E-state index in [4.69, 9.17) is 17.3 Å². The number of nitrogen functional groups attached to an aromatic ring is 1. The van der Waals surface area contributed by atoms with Crippen molar-refractivity contribution in [3.05, 3.63) is 53.1 Å². The Bertz CT molecular complexity index is 538. The minimum Gasteiger partial charge on any atom is -0.397 e. The van der Waals surface area contributed by atoms with Crippen LogP contribution in [0.4, 0.5) is 25.8 Å². The van der Waals surface area contributed by atoms with Crippen LogP contribution in [0.2, 0.25) is 5.02 Å². The number of hydrogen-bond donors (Lipinski definition) is 2. The first-order valence-electron chi connectivity index (χ1n) is 4.84. The van der Waals surface area contributed by atoms with E-state index in [0.717, 1.165) is 0 Å². The van der Waals surface area contributed by atoms with Crippen molar-refractivity contribution < 1.29 is 8.78 Å². The Hall–Kier alpha value is -1.81. The molecule has 2 rings (SSSR count). The molecule has 3 N–H and O–H groups in total. The smallest absolute Gasteiger partial charge is 0.148 e. The van der Waals surface area contributed by atoms with Crippen LogP contribution in [-0.2, 0) is 0 Å². The highest BCUT2D eigenvalue weighted by Gasteiger charge is 2.07. The molecular formula is C12H9ClF2N2. The summed E-state index contributed by atoms with van der Waals surface area (Å²) in [5, 5.41) is 2.72. The zero-order valence-corrected chi connectivity index (χ0v) is 9.43. The molecule has 0 unspecified atom stereocenters. The van der Waals surface area contributed by atoms with Gasteiger partial charge in [-0.15, -0.1) is 0 Å². The number of rotatable bonds is 2. The molecule has 0 radical (unpaired) electrons. The van der Waals surface area contributed by atoms with Crippen LogP contribution in [0.15, 0.2) is 36.4 Å². The first-order valence-corrected chi connectivity index (χ1v) is 5.22. The van der Waals surface area contributed by atoms with E-state index in [2.05, 4.69) is 5.32 Å². The van der Waals surface area contributed by atoms with Crippen LogP contribution in [0.3, 0.4) is 0 Å². The van der Waals surface area contributed by atoms with Gasteiger partial charge in [0.25, 0.3) is 0 Å². The molecule has 0 heterocycles. The molecular weight excluding hydrogens is 246 g/mol. The number of para-hydroxylation sites is 1. The maximum atomic E-state index is 13.5. The van der Waals surface area contributed by atoms with E-state index in [1.54, 1.807) is 6.07 Å². The third kappa shape index (κ3) is 2.47. The second kappa shape index (κ2) is 4.59. The first kappa shape index (κ1) is 11.7. The van der Waals surface area contributed by atoms with Gasteiger partial charge in [0.15, 0.2) is 0 Å². The molecule has 0 aliphatic carbocycles. The van der Waals surface area contributed by atoms with E-state index in [-0.39, 0.29) is 16.4 Å². The molecule has 0 amide bonds. The summed E-state index contributed by atoms with van der Waals surface area (Å²) in [5.74, 6) is -1.01. The summed E-state index contributed by atoms with van der Waals surface area (Å²) in [7, 11) is 0. The lowest BCUT2D eigenvalue weighted by molar-refractivity contribution is 0.628. The molecule has 0 saturated carbocycles. The molecule has 0 aliphatic heterocycles. The lowest BCUT2D eigenvalue weighted by Gasteiger charge is -2.10. The fraction of sp³-hybridized carbons (Fsp3) is 0. The fourth-order valence-corrected chi connectivity index (χ4v) is 1.57. The molecule has 0 saturated heterocycles. The van der Waals surface area contributed by atoms with Crippen molar-refractivity contribution in [1.82, 2.24) is 0 Å². The Balaban J connectivity index is 2.35. The number of nitrogens with two attached hydrogens (primary N) is 1. The van der Waals surface area contributed by atoms with Crippen molar-refractivity contribution in [2.75, 3.05) is 11.1 Å². The molecule has 0 aromatic heterocycles. The number of hydrogen-bond acceptors (Lipinski definition) is 2. The van der Waals surface area contributed by atoms with Gasteiger partial charge in [0, 0.05) is 5.69 Å². The molecule has 2 aromatic rings. The molecule has 2 aromatic carbocycles. The van der Waals surface area contributed by atoms with Crippen molar-refractivity contribution in [1.29, 1.82) is 0 Å². The minimum absolute atomic E-state index is 0.0371. The Labute approximate surface area is 102 Å². The average Bonchev–Trinajstić information content (AvgIpc) is 2.28. The highest BCUT2D eigenvalue weighted by Crippen LogP contribution is 2.28. The van der Waals surface area contributed by atoms with Crippen molar-refractivity contribution in [2.24, 2.45) is 0 Å². The van der Waals surface area contributed by atoms with Crippen molar-refractivity contribution in [3.63, 3.8) is 0 Å². The topological polar surface area (TPSA) is 38.0 Å². The predicted octanol–water partition coefficient (Wildman–Crippen LogP) is 3.94. The van der Waals surface area contributed by atoms with Crippen LogP contribution < -0.4 is 11.1 Å². The number of anilines is 3. The maximum absolute atomic E-state index is 13.5. The standard InChI is InChI=1S/C12H9ClF2N2/c13-8-6-7(4-5-9(8)14)17-12-10(15)2-1-3-11(12)16/h1-6,17H,16H2. The second-order valence-electron chi connectivity index (χ2n) is 3.46. The van der Waals surface area contributed by atoms with Crippen LogP contribution >= 0.6 is 11.6 Å². The molecule has 0 spiro atoms. The molecule has 0 aliphatic rings. The van der Waals surface area contributed by atoms with Gasteiger partial charge >= 0.3 is 0 Å². The van der Waals surface area contributed by atoms with Gasteiger partial charge in [-0.3, -0.25) is 0 Å². The molecule has 0 fully saturated rings. The quantitative estimate of drug-likeness (QED) is 0.797. The van der Waals surface area contributed by atoms with Crippen LogP contribution in [0.5, 0.6) is 0 Å². The van der Waals surface area contributed by atoms with Gasteiger partial charge in [-0.1, -0.05) is 17.7 Å². The van der Waals surface area contributed by atoms with Crippen LogP contribution in [0.1, 0.15) is 0 Å². The summed E-state index contributed by atoms with van der Waals surface area (Å²) in [4.78, 5) is 0. The average molecular weight is 255 g/mol. The van der Waals surface area contributed by atoms with E-state index < -0.39 is 11.6 Å². The first-order chi connectivity index (χ1) is 8.08. The van der Waals surface area contributed by atoms with Crippen molar-refractivity contribution in [2.45, 2.75) is 0 Å². The summed E-state index contributed by atoms with van der Waals surface area (Å²) >= 11 is 5.62. The van der Waals surface area contributed by atoms with Crippen LogP contribution in [-0.4, -0.2) is 0 Å². The van der Waals surface area contributed by atoms with Gasteiger partial charge in [0.2, 0.25) is 0 Å². The molecule has 5 heteroatoms. The zero-order valence-electron chi connectivity index (χ0n) is 8.68. The third-order valence-corrected chi connectivity index (χ3v) is 2.52. The van der Waals surface area contributed by atoms with E-state index >= 15 is 0 Å². The Morgan fingerprint density at radius 3 is 2.47 bits per heavy atom. The van der Waals surface area contributed by atoms with E-state index in [0.29, 0.717) is 5.69 Å². The van der Waals surface area contributed by atoms with E-state index in [1.165, 1.54) is 30.3 Å². The molecule has 0 atom stereocenters. The highest BCUT2D eigenvalue weighted by molar-refractivity contribution is 6.31. The van der Waals surface area contributed by atoms with Gasteiger partial charge in [0.05, 0.1) is 16.4 Å².